The number of hydrogen-bond donors (Lipinski definition) is 2. The van der Waals surface area contributed by atoms with Gasteiger partial charge in [0.15, 0.2) is 0 Å². The van der Waals surface area contributed by atoms with Gasteiger partial charge < -0.3 is 5.32 Å². The van der Waals surface area contributed by atoms with E-state index in [9.17, 15) is 13.2 Å². The third-order valence-corrected chi connectivity index (χ3v) is 6.21. The number of amides is 1. The molecule has 0 unspecified atom stereocenters. The molecule has 0 aromatic heterocycles. The summed E-state index contributed by atoms with van der Waals surface area (Å²) < 4.78 is 27.0. The average molecular weight is 393 g/mol. The number of benzene rings is 2. The van der Waals surface area contributed by atoms with Crippen LogP contribution in [0.5, 0.6) is 0 Å². The van der Waals surface area contributed by atoms with Crippen molar-refractivity contribution in [2.24, 2.45) is 0 Å². The number of rotatable bonds is 9. The van der Waals surface area contributed by atoms with Gasteiger partial charge in [-0.25, -0.2) is 13.1 Å². The summed E-state index contributed by atoms with van der Waals surface area (Å²) in [5, 5.41) is 2.73. The van der Waals surface area contributed by atoms with Crippen LogP contribution in [0.1, 0.15) is 25.3 Å². The third kappa shape index (κ3) is 6.82. The molecular formula is C19H24N2O3S2. The van der Waals surface area contributed by atoms with Crippen molar-refractivity contribution in [1.82, 2.24) is 4.72 Å². The second kappa shape index (κ2) is 9.75. The number of hydrogen-bond acceptors (Lipinski definition) is 4. The molecule has 1 amide bonds. The van der Waals surface area contributed by atoms with Crippen LogP contribution >= 0.6 is 11.8 Å². The Kier molecular flexibility index (Phi) is 7.68. The summed E-state index contributed by atoms with van der Waals surface area (Å²) in [4.78, 5) is 12.4. The minimum Gasteiger partial charge on any atom is -0.326 e. The van der Waals surface area contributed by atoms with E-state index >= 15 is 0 Å². The Morgan fingerprint density at radius 2 is 1.65 bits per heavy atom. The van der Waals surface area contributed by atoms with Crippen LogP contribution in [0.15, 0.2) is 58.3 Å². The van der Waals surface area contributed by atoms with E-state index in [1.165, 1.54) is 6.92 Å². The lowest BCUT2D eigenvalue weighted by atomic mass is 10.2. The Balaban J connectivity index is 1.67. The van der Waals surface area contributed by atoms with Gasteiger partial charge >= 0.3 is 0 Å². The molecule has 2 aromatic rings. The van der Waals surface area contributed by atoms with Gasteiger partial charge in [-0.15, -0.1) is 11.8 Å². The molecule has 2 N–H and O–H groups in total. The molecular weight excluding hydrogens is 368 g/mol. The van der Waals surface area contributed by atoms with E-state index in [0.717, 1.165) is 34.7 Å². The molecule has 0 aliphatic carbocycles. The van der Waals surface area contributed by atoms with Gasteiger partial charge in [0.1, 0.15) is 0 Å². The fraction of sp³-hybridized carbons (Fsp3) is 0.316. The van der Waals surface area contributed by atoms with Gasteiger partial charge in [-0.05, 0) is 61.9 Å². The van der Waals surface area contributed by atoms with E-state index in [1.807, 2.05) is 31.2 Å². The van der Waals surface area contributed by atoms with Gasteiger partial charge in [-0.3, -0.25) is 4.79 Å². The van der Waals surface area contributed by atoms with Crippen LogP contribution in [-0.2, 0) is 14.8 Å². The van der Waals surface area contributed by atoms with Gasteiger partial charge in [-0.1, -0.05) is 17.7 Å². The number of unbranched alkanes of at least 4 members (excludes halogenated alkanes) is 1. The van der Waals surface area contributed by atoms with Crippen LogP contribution in [0.2, 0.25) is 0 Å². The van der Waals surface area contributed by atoms with Crippen LogP contribution in [0.4, 0.5) is 5.69 Å². The first-order valence-electron chi connectivity index (χ1n) is 8.43. The number of carbonyl (C=O) groups excluding carboxylic acids is 1. The van der Waals surface area contributed by atoms with E-state index in [1.54, 1.807) is 36.0 Å². The maximum atomic E-state index is 12.2. The summed E-state index contributed by atoms with van der Waals surface area (Å²) in [5.74, 6) is 0.824. The maximum absolute atomic E-state index is 12.2. The van der Waals surface area contributed by atoms with Crippen molar-refractivity contribution in [1.29, 1.82) is 0 Å². The summed E-state index contributed by atoms with van der Waals surface area (Å²) in [6, 6.07) is 14.5. The summed E-state index contributed by atoms with van der Waals surface area (Å²) in [6.45, 7) is 3.84. The van der Waals surface area contributed by atoms with Crippen LogP contribution in [0.3, 0.4) is 0 Å². The van der Waals surface area contributed by atoms with Crippen LogP contribution in [-0.4, -0.2) is 26.6 Å². The number of sulfonamides is 1. The zero-order valence-electron chi connectivity index (χ0n) is 15.0. The number of anilines is 1. The number of thioether (sulfide) groups is 1. The first kappa shape index (κ1) is 20.5. The van der Waals surface area contributed by atoms with E-state index in [4.69, 9.17) is 0 Å². The van der Waals surface area contributed by atoms with E-state index in [2.05, 4.69) is 10.0 Å². The number of aryl methyl sites for hydroxylation is 1. The fourth-order valence-electron chi connectivity index (χ4n) is 2.26. The van der Waals surface area contributed by atoms with E-state index in [0.29, 0.717) is 11.4 Å². The summed E-state index contributed by atoms with van der Waals surface area (Å²) in [6.07, 6.45) is 1.69. The highest BCUT2D eigenvalue weighted by molar-refractivity contribution is 7.99. The van der Waals surface area contributed by atoms with Gasteiger partial charge in [0.05, 0.1) is 4.90 Å². The molecule has 0 atom stereocenters. The molecule has 0 saturated carbocycles. The molecule has 0 bridgehead atoms. The second-order valence-electron chi connectivity index (χ2n) is 5.97. The Labute approximate surface area is 159 Å². The predicted octanol–water partition coefficient (Wildman–Crippen LogP) is 3.80. The topological polar surface area (TPSA) is 75.3 Å². The summed E-state index contributed by atoms with van der Waals surface area (Å²) in [7, 11) is -3.42. The lowest BCUT2D eigenvalue weighted by Crippen LogP contribution is -2.24. The molecule has 0 spiro atoms. The van der Waals surface area contributed by atoms with E-state index < -0.39 is 10.0 Å². The van der Waals surface area contributed by atoms with Crippen molar-refractivity contribution in [3.05, 3.63) is 54.1 Å². The van der Waals surface area contributed by atoms with Crippen molar-refractivity contribution in [2.75, 3.05) is 17.6 Å². The van der Waals surface area contributed by atoms with Crippen molar-refractivity contribution in [3.8, 4) is 0 Å². The monoisotopic (exact) mass is 392 g/mol. The molecule has 2 rings (SSSR count). The molecule has 7 heteroatoms. The van der Waals surface area contributed by atoms with E-state index in [-0.39, 0.29) is 5.91 Å². The average Bonchev–Trinajstić information content (AvgIpc) is 2.59. The van der Waals surface area contributed by atoms with Crippen LogP contribution in [0.25, 0.3) is 0 Å². The molecule has 0 heterocycles. The maximum Gasteiger partial charge on any atom is 0.240 e. The Bertz CT molecular complexity index is 817. The molecule has 140 valence electrons. The highest BCUT2D eigenvalue weighted by Crippen LogP contribution is 2.21. The largest absolute Gasteiger partial charge is 0.326 e. The standard InChI is InChI=1S/C19H24N2O3S2/c1-15-5-11-19(12-6-15)26(23,24)20-13-3-4-14-25-18-9-7-17(8-10-18)21-16(2)22/h5-12,20H,3-4,13-14H2,1-2H3,(H,21,22). The number of nitrogens with one attached hydrogen (secondary N) is 2. The molecule has 5 nitrogen and oxygen atoms in total. The highest BCUT2D eigenvalue weighted by Gasteiger charge is 2.12. The lowest BCUT2D eigenvalue weighted by molar-refractivity contribution is -0.114. The normalized spacial score (nSPS) is 11.3. The minimum atomic E-state index is -3.42. The predicted molar refractivity (Wildman–Crippen MR) is 107 cm³/mol. The van der Waals surface area contributed by atoms with Crippen molar-refractivity contribution in [2.45, 2.75) is 36.5 Å². The van der Waals surface area contributed by atoms with Gasteiger partial charge in [0.2, 0.25) is 15.9 Å². The van der Waals surface area contributed by atoms with Crippen LogP contribution in [0, 0.1) is 6.92 Å². The summed E-state index contributed by atoms with van der Waals surface area (Å²) >= 11 is 1.71. The fourth-order valence-corrected chi connectivity index (χ4v) is 4.25. The van der Waals surface area contributed by atoms with Gasteiger partial charge in [0.25, 0.3) is 0 Å². The molecule has 2 aromatic carbocycles. The SMILES string of the molecule is CC(=O)Nc1ccc(SCCCCNS(=O)(=O)c2ccc(C)cc2)cc1. The third-order valence-electron chi connectivity index (χ3n) is 3.64. The Hall–Kier alpha value is -1.83. The minimum absolute atomic E-state index is 0.0847. The highest BCUT2D eigenvalue weighted by atomic mass is 32.2. The molecule has 0 aliphatic heterocycles. The molecule has 0 aliphatic rings. The zero-order chi connectivity index (χ0) is 19.0. The van der Waals surface area contributed by atoms with Crippen molar-refractivity contribution in [3.63, 3.8) is 0 Å². The molecule has 0 fully saturated rings. The van der Waals surface area contributed by atoms with Gasteiger partial charge in [0, 0.05) is 24.1 Å². The second-order valence-corrected chi connectivity index (χ2v) is 8.91. The summed E-state index contributed by atoms with van der Waals surface area (Å²) in [5.41, 5.74) is 1.82. The molecule has 0 saturated heterocycles. The van der Waals surface area contributed by atoms with Crippen LogP contribution < -0.4 is 10.0 Å². The molecule has 0 radical (unpaired) electrons. The van der Waals surface area contributed by atoms with Gasteiger partial charge in [-0.2, -0.15) is 0 Å². The molecule has 26 heavy (non-hydrogen) atoms. The lowest BCUT2D eigenvalue weighted by Gasteiger charge is -2.07. The van der Waals surface area contributed by atoms with Crippen molar-refractivity contribution >= 4 is 33.4 Å². The Morgan fingerprint density at radius 1 is 1.00 bits per heavy atom. The zero-order valence-corrected chi connectivity index (χ0v) is 16.6. The smallest absolute Gasteiger partial charge is 0.240 e. The Morgan fingerprint density at radius 3 is 2.27 bits per heavy atom. The number of carbonyl (C=O) groups is 1. The quantitative estimate of drug-likeness (QED) is 0.503. The van der Waals surface area contributed by atoms with Crippen molar-refractivity contribution < 1.29 is 13.2 Å². The first-order chi connectivity index (χ1) is 12.4. The first-order valence-corrected chi connectivity index (χ1v) is 10.9.